The Hall–Kier alpha value is -1.02. The number of ether oxygens (including phenoxy) is 1. The van der Waals surface area contributed by atoms with Crippen molar-refractivity contribution in [2.75, 3.05) is 6.54 Å². The first-order valence-corrected chi connectivity index (χ1v) is 6.67. The molecule has 0 aliphatic rings. The van der Waals surface area contributed by atoms with Gasteiger partial charge in [0.05, 0.1) is 6.10 Å². The molecule has 96 valence electrons. The summed E-state index contributed by atoms with van der Waals surface area (Å²) < 4.78 is 5.76. The molecular weight excluding hydrogens is 210 g/mol. The van der Waals surface area contributed by atoms with Gasteiger partial charge in [0.2, 0.25) is 0 Å². The van der Waals surface area contributed by atoms with E-state index in [0.717, 1.165) is 18.7 Å². The van der Waals surface area contributed by atoms with E-state index < -0.39 is 0 Å². The van der Waals surface area contributed by atoms with Gasteiger partial charge in [-0.15, -0.1) is 0 Å². The zero-order valence-corrected chi connectivity index (χ0v) is 11.5. The predicted molar refractivity (Wildman–Crippen MR) is 73.5 cm³/mol. The number of rotatable bonds is 7. The number of benzene rings is 1. The van der Waals surface area contributed by atoms with Crippen LogP contribution in [0, 0.1) is 0 Å². The lowest BCUT2D eigenvalue weighted by molar-refractivity contribution is 0.217. The number of hydrogen-bond acceptors (Lipinski definition) is 2. The van der Waals surface area contributed by atoms with Crippen LogP contribution in [0.2, 0.25) is 0 Å². The van der Waals surface area contributed by atoms with E-state index in [-0.39, 0.29) is 6.10 Å². The summed E-state index contributed by atoms with van der Waals surface area (Å²) in [4.78, 5) is 0. The lowest BCUT2D eigenvalue weighted by Gasteiger charge is -2.16. The Kier molecular flexibility index (Phi) is 6.06. The lowest BCUT2D eigenvalue weighted by Crippen LogP contribution is -2.19. The first-order chi connectivity index (χ1) is 8.17. The zero-order valence-electron chi connectivity index (χ0n) is 11.5. The summed E-state index contributed by atoms with van der Waals surface area (Å²) in [5, 5.41) is 3.48. The Balaban J connectivity index is 2.54. The molecule has 2 heteroatoms. The highest BCUT2D eigenvalue weighted by molar-refractivity contribution is 5.29. The average molecular weight is 235 g/mol. The van der Waals surface area contributed by atoms with Gasteiger partial charge in [-0.2, -0.15) is 0 Å². The molecule has 0 fully saturated rings. The maximum atomic E-state index is 5.76. The fourth-order valence-corrected chi connectivity index (χ4v) is 1.63. The predicted octanol–water partition coefficient (Wildman–Crippen LogP) is 3.92. The highest BCUT2D eigenvalue weighted by Crippen LogP contribution is 2.18. The van der Waals surface area contributed by atoms with E-state index in [9.17, 15) is 0 Å². The first-order valence-electron chi connectivity index (χ1n) is 6.67. The van der Waals surface area contributed by atoms with Crippen LogP contribution in [-0.4, -0.2) is 12.6 Å². The molecule has 0 unspecified atom stereocenters. The maximum Gasteiger partial charge on any atom is 0.119 e. The summed E-state index contributed by atoms with van der Waals surface area (Å²) in [5.41, 5.74) is 1.31. The van der Waals surface area contributed by atoms with Crippen molar-refractivity contribution in [1.82, 2.24) is 5.32 Å². The summed E-state index contributed by atoms with van der Waals surface area (Å²) >= 11 is 0. The number of nitrogens with one attached hydrogen (secondary N) is 1. The fraction of sp³-hybridized carbons (Fsp3) is 0.600. The molecule has 1 N–H and O–H groups in total. The molecule has 0 radical (unpaired) electrons. The standard InChI is InChI=1S/C15H25NO/c1-5-11-16-13(4)14-7-9-15(10-8-14)17-12(3)6-2/h7-10,12-13,16H,5-6,11H2,1-4H3/t12-,13-/m0/s1. The molecule has 0 aliphatic heterocycles. The third-order valence-corrected chi connectivity index (χ3v) is 2.99. The van der Waals surface area contributed by atoms with Crippen LogP contribution in [0.3, 0.4) is 0 Å². The van der Waals surface area contributed by atoms with Gasteiger partial charge in [-0.1, -0.05) is 26.0 Å². The van der Waals surface area contributed by atoms with Gasteiger partial charge in [0, 0.05) is 6.04 Å². The van der Waals surface area contributed by atoms with Gasteiger partial charge >= 0.3 is 0 Å². The van der Waals surface area contributed by atoms with Crippen LogP contribution in [0.15, 0.2) is 24.3 Å². The molecule has 0 heterocycles. The number of hydrogen-bond donors (Lipinski definition) is 1. The molecule has 0 aliphatic carbocycles. The summed E-state index contributed by atoms with van der Waals surface area (Å²) in [5.74, 6) is 0.964. The van der Waals surface area contributed by atoms with Gasteiger partial charge in [-0.05, 0) is 50.9 Å². The molecule has 0 aromatic heterocycles. The second kappa shape index (κ2) is 7.33. The monoisotopic (exact) mass is 235 g/mol. The quantitative estimate of drug-likeness (QED) is 0.773. The van der Waals surface area contributed by atoms with E-state index in [1.165, 1.54) is 12.0 Å². The topological polar surface area (TPSA) is 21.3 Å². The summed E-state index contributed by atoms with van der Waals surface area (Å²) in [7, 11) is 0. The molecule has 0 spiro atoms. The van der Waals surface area contributed by atoms with Crippen LogP contribution in [0.1, 0.15) is 52.1 Å². The van der Waals surface area contributed by atoms with Crippen molar-refractivity contribution >= 4 is 0 Å². The molecule has 1 aromatic rings. The van der Waals surface area contributed by atoms with Crippen molar-refractivity contribution in [2.24, 2.45) is 0 Å². The van der Waals surface area contributed by atoms with Gasteiger partial charge in [0.25, 0.3) is 0 Å². The molecule has 0 saturated heterocycles. The van der Waals surface area contributed by atoms with E-state index in [0.29, 0.717) is 6.04 Å². The van der Waals surface area contributed by atoms with E-state index in [4.69, 9.17) is 4.74 Å². The van der Waals surface area contributed by atoms with Crippen molar-refractivity contribution in [3.63, 3.8) is 0 Å². The Morgan fingerprint density at radius 1 is 1.12 bits per heavy atom. The minimum absolute atomic E-state index is 0.288. The van der Waals surface area contributed by atoms with E-state index in [2.05, 4.69) is 57.3 Å². The highest BCUT2D eigenvalue weighted by atomic mass is 16.5. The van der Waals surface area contributed by atoms with E-state index >= 15 is 0 Å². The van der Waals surface area contributed by atoms with Crippen LogP contribution >= 0.6 is 0 Å². The van der Waals surface area contributed by atoms with Crippen LogP contribution in [-0.2, 0) is 0 Å². The minimum Gasteiger partial charge on any atom is -0.491 e. The van der Waals surface area contributed by atoms with Crippen LogP contribution in [0.25, 0.3) is 0 Å². The van der Waals surface area contributed by atoms with Gasteiger partial charge in [-0.25, -0.2) is 0 Å². The third-order valence-electron chi connectivity index (χ3n) is 2.99. The third kappa shape index (κ3) is 4.78. The Morgan fingerprint density at radius 2 is 1.76 bits per heavy atom. The van der Waals surface area contributed by atoms with Gasteiger partial charge < -0.3 is 10.1 Å². The first kappa shape index (κ1) is 14.0. The Labute approximate surface area is 105 Å². The van der Waals surface area contributed by atoms with Crippen LogP contribution in [0.5, 0.6) is 5.75 Å². The molecule has 2 atom stereocenters. The molecule has 1 rings (SSSR count). The normalized spacial score (nSPS) is 14.4. The van der Waals surface area contributed by atoms with Crippen molar-refractivity contribution in [2.45, 2.75) is 52.7 Å². The minimum atomic E-state index is 0.288. The Morgan fingerprint density at radius 3 is 2.29 bits per heavy atom. The molecule has 0 bridgehead atoms. The fourth-order valence-electron chi connectivity index (χ4n) is 1.63. The van der Waals surface area contributed by atoms with Gasteiger partial charge in [0.15, 0.2) is 0 Å². The summed E-state index contributed by atoms with van der Waals surface area (Å²) in [6, 6.07) is 8.82. The second-order valence-electron chi connectivity index (χ2n) is 4.58. The largest absolute Gasteiger partial charge is 0.491 e. The second-order valence-corrected chi connectivity index (χ2v) is 4.58. The van der Waals surface area contributed by atoms with Crippen molar-refractivity contribution in [1.29, 1.82) is 0 Å². The highest BCUT2D eigenvalue weighted by Gasteiger charge is 2.05. The van der Waals surface area contributed by atoms with Crippen LogP contribution in [0.4, 0.5) is 0 Å². The molecule has 17 heavy (non-hydrogen) atoms. The molecule has 0 amide bonds. The summed E-state index contributed by atoms with van der Waals surface area (Å²) in [6.07, 6.45) is 2.49. The van der Waals surface area contributed by atoms with E-state index in [1.807, 2.05) is 0 Å². The maximum absolute atomic E-state index is 5.76. The van der Waals surface area contributed by atoms with Crippen molar-refractivity contribution in [3.05, 3.63) is 29.8 Å². The molecule has 1 aromatic carbocycles. The zero-order chi connectivity index (χ0) is 12.7. The average Bonchev–Trinajstić information content (AvgIpc) is 2.36. The van der Waals surface area contributed by atoms with Crippen molar-refractivity contribution in [3.8, 4) is 5.75 Å². The lowest BCUT2D eigenvalue weighted by atomic mass is 10.1. The van der Waals surface area contributed by atoms with Gasteiger partial charge in [0.1, 0.15) is 5.75 Å². The molecular formula is C15H25NO. The Bertz CT molecular complexity index is 307. The van der Waals surface area contributed by atoms with E-state index in [1.54, 1.807) is 0 Å². The van der Waals surface area contributed by atoms with Crippen molar-refractivity contribution < 1.29 is 4.74 Å². The smallest absolute Gasteiger partial charge is 0.119 e. The van der Waals surface area contributed by atoms with Crippen LogP contribution < -0.4 is 10.1 Å². The molecule has 0 saturated carbocycles. The summed E-state index contributed by atoms with van der Waals surface area (Å²) in [6.45, 7) is 9.67. The SMILES string of the molecule is CCCN[C@@H](C)c1ccc(O[C@@H](C)CC)cc1. The van der Waals surface area contributed by atoms with Gasteiger partial charge in [-0.3, -0.25) is 0 Å². The molecule has 2 nitrogen and oxygen atoms in total.